The Labute approximate surface area is 52.7 Å². The fourth-order valence-corrected chi connectivity index (χ4v) is 0.601. The number of rotatable bonds is 1. The molecule has 0 saturated carbocycles. The number of nitrogens with one attached hydrogen (secondary N) is 1. The molecule has 0 aliphatic carbocycles. The van der Waals surface area contributed by atoms with Gasteiger partial charge in [0.2, 0.25) is 0 Å². The van der Waals surface area contributed by atoms with Crippen LogP contribution >= 0.6 is 0 Å². The first-order valence-electron chi connectivity index (χ1n) is 2.86. The molecule has 0 aromatic carbocycles. The lowest BCUT2D eigenvalue weighted by molar-refractivity contribution is 0.910. The van der Waals surface area contributed by atoms with E-state index in [1.54, 1.807) is 6.07 Å². The topological polar surface area (TPSA) is 45.8 Å². The van der Waals surface area contributed by atoms with Crippen LogP contribution < -0.4 is 5.43 Å². The van der Waals surface area contributed by atoms with Crippen molar-refractivity contribution in [3.05, 3.63) is 28.2 Å². The zero-order valence-electron chi connectivity index (χ0n) is 5.22. The third kappa shape index (κ3) is 1.38. The van der Waals surface area contributed by atoms with Gasteiger partial charge in [-0.15, -0.1) is 0 Å². The largest absolute Gasteiger partial charge is 0.288 e. The highest BCUT2D eigenvalue weighted by atomic mass is 16.1. The van der Waals surface area contributed by atoms with Crippen molar-refractivity contribution in [1.82, 2.24) is 10.2 Å². The number of H-pyrrole nitrogens is 1. The average molecular weight is 124 g/mol. The van der Waals surface area contributed by atoms with E-state index in [1.165, 1.54) is 6.20 Å². The van der Waals surface area contributed by atoms with Crippen LogP contribution in [0.15, 0.2) is 17.1 Å². The standard InChI is InChI=1S/C6H8N2O/c1-2-5-3-6(9)4-7-8-5/h3-4H,2H2,1H3,(H,8,9). The van der Waals surface area contributed by atoms with E-state index >= 15 is 0 Å². The summed E-state index contributed by atoms with van der Waals surface area (Å²) in [4.78, 5) is 10.6. The molecule has 3 nitrogen and oxygen atoms in total. The minimum atomic E-state index is -0.0365. The number of aromatic nitrogens is 2. The number of aryl methyl sites for hydroxylation is 1. The fraction of sp³-hybridized carbons (Fsp3) is 0.333. The zero-order valence-corrected chi connectivity index (χ0v) is 5.22. The van der Waals surface area contributed by atoms with Crippen LogP contribution in [-0.4, -0.2) is 10.2 Å². The summed E-state index contributed by atoms with van der Waals surface area (Å²) in [5, 5.41) is 6.33. The molecule has 3 heteroatoms. The molecular weight excluding hydrogens is 116 g/mol. The van der Waals surface area contributed by atoms with Crippen LogP contribution in [0, 0.1) is 0 Å². The SMILES string of the molecule is CCc1cc(=O)cn[nH]1. The molecule has 0 bridgehead atoms. The summed E-state index contributed by atoms with van der Waals surface area (Å²) in [5.41, 5.74) is 0.841. The van der Waals surface area contributed by atoms with Gasteiger partial charge in [0.25, 0.3) is 0 Å². The van der Waals surface area contributed by atoms with E-state index in [1.807, 2.05) is 6.92 Å². The highest BCUT2D eigenvalue weighted by molar-refractivity contribution is 4.98. The first-order chi connectivity index (χ1) is 4.33. The Bertz CT molecular complexity index is 241. The molecule has 0 spiro atoms. The third-order valence-electron chi connectivity index (χ3n) is 1.10. The Morgan fingerprint density at radius 3 is 3.00 bits per heavy atom. The molecule has 1 aromatic rings. The first-order valence-corrected chi connectivity index (χ1v) is 2.86. The van der Waals surface area contributed by atoms with Crippen molar-refractivity contribution in [1.29, 1.82) is 0 Å². The second-order valence-corrected chi connectivity index (χ2v) is 1.80. The van der Waals surface area contributed by atoms with Gasteiger partial charge in [-0.05, 0) is 6.42 Å². The van der Waals surface area contributed by atoms with Gasteiger partial charge in [-0.25, -0.2) is 0 Å². The Balaban J connectivity index is 3.08. The van der Waals surface area contributed by atoms with Gasteiger partial charge < -0.3 is 0 Å². The van der Waals surface area contributed by atoms with Crippen LogP contribution in [0.1, 0.15) is 12.6 Å². The highest BCUT2D eigenvalue weighted by Gasteiger charge is 1.87. The molecule has 9 heavy (non-hydrogen) atoms. The summed E-state index contributed by atoms with van der Waals surface area (Å²) in [6.07, 6.45) is 2.09. The maximum atomic E-state index is 10.6. The lowest BCUT2D eigenvalue weighted by Crippen LogP contribution is -2.02. The van der Waals surface area contributed by atoms with E-state index in [4.69, 9.17) is 0 Å². The summed E-state index contributed by atoms with van der Waals surface area (Å²) in [6, 6.07) is 1.55. The summed E-state index contributed by atoms with van der Waals surface area (Å²) < 4.78 is 0. The second kappa shape index (κ2) is 2.44. The Hall–Kier alpha value is -1.12. The molecule has 0 amide bonds. The maximum absolute atomic E-state index is 10.6. The molecule has 48 valence electrons. The van der Waals surface area contributed by atoms with Gasteiger partial charge in [-0.2, -0.15) is 5.10 Å². The first kappa shape index (κ1) is 6.01. The quantitative estimate of drug-likeness (QED) is 0.586. The summed E-state index contributed by atoms with van der Waals surface area (Å²) in [6.45, 7) is 1.97. The molecule has 0 atom stereocenters. The number of hydrogen-bond donors (Lipinski definition) is 1. The Kier molecular flexibility index (Phi) is 1.63. The normalized spacial score (nSPS) is 9.44. The Morgan fingerprint density at radius 1 is 1.78 bits per heavy atom. The number of nitrogens with zero attached hydrogens (tertiary/aromatic N) is 1. The van der Waals surface area contributed by atoms with Gasteiger partial charge in [0.1, 0.15) is 0 Å². The summed E-state index contributed by atoms with van der Waals surface area (Å²) >= 11 is 0. The number of hydrogen-bond acceptors (Lipinski definition) is 2. The molecule has 0 aliphatic rings. The van der Waals surface area contributed by atoms with E-state index in [2.05, 4.69) is 10.2 Å². The Morgan fingerprint density at radius 2 is 2.56 bits per heavy atom. The molecule has 1 N–H and O–H groups in total. The van der Waals surface area contributed by atoms with Crippen molar-refractivity contribution < 1.29 is 0 Å². The van der Waals surface area contributed by atoms with Crippen molar-refractivity contribution in [3.63, 3.8) is 0 Å². The van der Waals surface area contributed by atoms with Gasteiger partial charge >= 0.3 is 0 Å². The lowest BCUT2D eigenvalue weighted by Gasteiger charge is -1.90. The molecule has 0 fully saturated rings. The minimum absolute atomic E-state index is 0.0365. The van der Waals surface area contributed by atoms with E-state index in [0.717, 1.165) is 12.1 Å². The molecule has 0 radical (unpaired) electrons. The molecule has 1 heterocycles. The van der Waals surface area contributed by atoms with Gasteiger partial charge in [-0.3, -0.25) is 9.89 Å². The molecular formula is C6H8N2O. The average Bonchev–Trinajstić information content (AvgIpc) is 1.88. The molecule has 0 aliphatic heterocycles. The van der Waals surface area contributed by atoms with Crippen LogP contribution in [0.4, 0.5) is 0 Å². The smallest absolute Gasteiger partial charge is 0.200 e. The predicted octanol–water partition coefficient (Wildman–Crippen LogP) is 0.332. The van der Waals surface area contributed by atoms with Gasteiger partial charge in [-0.1, -0.05) is 6.92 Å². The van der Waals surface area contributed by atoms with Gasteiger partial charge in [0.05, 0.1) is 6.20 Å². The molecule has 0 saturated heterocycles. The van der Waals surface area contributed by atoms with Crippen molar-refractivity contribution >= 4 is 0 Å². The van der Waals surface area contributed by atoms with Crippen molar-refractivity contribution in [2.45, 2.75) is 13.3 Å². The molecule has 1 aromatic heterocycles. The van der Waals surface area contributed by atoms with Crippen LogP contribution in [0.2, 0.25) is 0 Å². The fourth-order valence-electron chi connectivity index (χ4n) is 0.601. The highest BCUT2D eigenvalue weighted by Crippen LogP contribution is 1.84. The van der Waals surface area contributed by atoms with Crippen LogP contribution in [-0.2, 0) is 6.42 Å². The number of aromatic amines is 1. The monoisotopic (exact) mass is 124 g/mol. The third-order valence-corrected chi connectivity index (χ3v) is 1.10. The lowest BCUT2D eigenvalue weighted by atomic mass is 10.3. The van der Waals surface area contributed by atoms with Crippen LogP contribution in [0.3, 0.4) is 0 Å². The molecule has 0 unspecified atom stereocenters. The second-order valence-electron chi connectivity index (χ2n) is 1.80. The van der Waals surface area contributed by atoms with Crippen molar-refractivity contribution in [2.24, 2.45) is 0 Å². The zero-order chi connectivity index (χ0) is 6.69. The van der Waals surface area contributed by atoms with Crippen LogP contribution in [0.5, 0.6) is 0 Å². The summed E-state index contributed by atoms with van der Waals surface area (Å²) in [5.74, 6) is 0. The van der Waals surface area contributed by atoms with E-state index < -0.39 is 0 Å². The van der Waals surface area contributed by atoms with Crippen molar-refractivity contribution in [2.75, 3.05) is 0 Å². The molecule has 1 rings (SSSR count). The van der Waals surface area contributed by atoms with Crippen molar-refractivity contribution in [3.8, 4) is 0 Å². The predicted molar refractivity (Wildman–Crippen MR) is 34.2 cm³/mol. The maximum Gasteiger partial charge on any atom is 0.200 e. The van der Waals surface area contributed by atoms with Crippen LogP contribution in [0.25, 0.3) is 0 Å². The minimum Gasteiger partial charge on any atom is -0.288 e. The van der Waals surface area contributed by atoms with E-state index in [9.17, 15) is 4.79 Å². The van der Waals surface area contributed by atoms with Gasteiger partial charge in [0, 0.05) is 11.8 Å². The van der Waals surface area contributed by atoms with E-state index in [-0.39, 0.29) is 5.43 Å². The van der Waals surface area contributed by atoms with Gasteiger partial charge in [0.15, 0.2) is 5.43 Å². The summed E-state index contributed by atoms with van der Waals surface area (Å²) in [7, 11) is 0. The van der Waals surface area contributed by atoms with E-state index in [0.29, 0.717) is 0 Å².